The Morgan fingerprint density at radius 1 is 1.46 bits per heavy atom. The van der Waals surface area contributed by atoms with Crippen LogP contribution in [-0.2, 0) is 11.3 Å². The molecule has 0 aromatic heterocycles. The van der Waals surface area contributed by atoms with E-state index in [2.05, 4.69) is 24.3 Å². The van der Waals surface area contributed by atoms with Crippen LogP contribution in [0.5, 0.6) is 0 Å². The summed E-state index contributed by atoms with van der Waals surface area (Å²) in [5, 5.41) is 2.89. The van der Waals surface area contributed by atoms with Crippen LogP contribution >= 0.6 is 0 Å². The molecule has 2 aliphatic heterocycles. The van der Waals surface area contributed by atoms with E-state index in [1.165, 1.54) is 12.1 Å². The predicted octanol–water partition coefficient (Wildman–Crippen LogP) is 1.93. The van der Waals surface area contributed by atoms with E-state index in [4.69, 9.17) is 4.74 Å². The third-order valence-electron chi connectivity index (χ3n) is 4.96. The number of ether oxygens (including phenoxy) is 1. The summed E-state index contributed by atoms with van der Waals surface area (Å²) in [6.45, 7) is 3.51. The Morgan fingerprint density at radius 3 is 3.04 bits per heavy atom. The molecule has 0 saturated carbocycles. The van der Waals surface area contributed by atoms with Crippen molar-refractivity contribution in [3.63, 3.8) is 0 Å². The van der Waals surface area contributed by atoms with Crippen LogP contribution < -0.4 is 5.32 Å². The normalized spacial score (nSPS) is 26.5. The molecule has 132 valence electrons. The standard InChI is InChI=1S/C18H26FN3O2/c1-21(2)11-17-16-6-7-22(10-14(16)12-24-17)18(23)20-9-13-4-3-5-15(19)8-13/h3-5,8,14,16-17H,6-7,9-12H2,1-2H3,(H,20,23)/t14-,16-,17+/m1/s1. The van der Waals surface area contributed by atoms with E-state index < -0.39 is 0 Å². The lowest BCUT2D eigenvalue weighted by Gasteiger charge is -2.36. The van der Waals surface area contributed by atoms with E-state index >= 15 is 0 Å². The molecule has 5 nitrogen and oxygen atoms in total. The first-order valence-corrected chi connectivity index (χ1v) is 8.56. The second-order valence-corrected chi connectivity index (χ2v) is 7.08. The topological polar surface area (TPSA) is 44.8 Å². The van der Waals surface area contributed by atoms with Gasteiger partial charge in [0.1, 0.15) is 5.82 Å². The van der Waals surface area contributed by atoms with Gasteiger partial charge in [-0.05, 0) is 44.1 Å². The number of likely N-dealkylation sites (tertiary alicyclic amines) is 1. The Balaban J connectivity index is 1.50. The summed E-state index contributed by atoms with van der Waals surface area (Å²) >= 11 is 0. The number of rotatable bonds is 4. The highest BCUT2D eigenvalue weighted by molar-refractivity contribution is 5.74. The van der Waals surface area contributed by atoms with Gasteiger partial charge in [-0.15, -0.1) is 0 Å². The van der Waals surface area contributed by atoms with E-state index in [9.17, 15) is 9.18 Å². The summed E-state index contributed by atoms with van der Waals surface area (Å²) in [4.78, 5) is 16.4. The molecule has 0 spiro atoms. The van der Waals surface area contributed by atoms with Crippen molar-refractivity contribution in [1.29, 1.82) is 0 Å². The summed E-state index contributed by atoms with van der Waals surface area (Å²) in [5.74, 6) is 0.681. The lowest BCUT2D eigenvalue weighted by molar-refractivity contribution is 0.0642. The average molecular weight is 335 g/mol. The lowest BCUT2D eigenvalue weighted by Crippen LogP contribution is -2.49. The van der Waals surface area contributed by atoms with Crippen molar-refractivity contribution in [1.82, 2.24) is 15.1 Å². The van der Waals surface area contributed by atoms with Gasteiger partial charge in [0.2, 0.25) is 0 Å². The molecule has 2 amide bonds. The van der Waals surface area contributed by atoms with Crippen molar-refractivity contribution >= 4 is 6.03 Å². The van der Waals surface area contributed by atoms with Gasteiger partial charge in [-0.25, -0.2) is 9.18 Å². The largest absolute Gasteiger partial charge is 0.376 e. The first-order chi connectivity index (χ1) is 11.5. The van der Waals surface area contributed by atoms with Gasteiger partial charge in [-0.1, -0.05) is 12.1 Å². The monoisotopic (exact) mass is 335 g/mol. The molecule has 2 aliphatic rings. The minimum absolute atomic E-state index is 0.0752. The highest BCUT2D eigenvalue weighted by Crippen LogP contribution is 2.34. The van der Waals surface area contributed by atoms with Crippen LogP contribution in [0.15, 0.2) is 24.3 Å². The molecule has 1 aromatic rings. The molecule has 24 heavy (non-hydrogen) atoms. The van der Waals surface area contributed by atoms with Gasteiger partial charge in [0.05, 0.1) is 12.7 Å². The minimum atomic E-state index is -0.280. The molecule has 3 atom stereocenters. The molecule has 1 aromatic carbocycles. The summed E-state index contributed by atoms with van der Waals surface area (Å²) in [6, 6.07) is 6.24. The maximum Gasteiger partial charge on any atom is 0.317 e. The maximum absolute atomic E-state index is 13.2. The SMILES string of the molecule is CN(C)C[C@@H]1OC[C@H]2CN(C(=O)NCc3cccc(F)c3)CC[C@H]21. The molecule has 0 unspecified atom stereocenters. The molecular formula is C18H26FN3O2. The molecule has 2 fully saturated rings. The number of likely N-dealkylation sites (N-methyl/N-ethyl adjacent to an activating group) is 1. The van der Waals surface area contributed by atoms with Gasteiger partial charge in [0.25, 0.3) is 0 Å². The van der Waals surface area contributed by atoms with Crippen LogP contribution in [0, 0.1) is 17.7 Å². The lowest BCUT2D eigenvalue weighted by atomic mass is 9.84. The zero-order chi connectivity index (χ0) is 17.1. The number of nitrogens with one attached hydrogen (secondary N) is 1. The van der Waals surface area contributed by atoms with Crippen molar-refractivity contribution in [3.8, 4) is 0 Å². The number of hydrogen-bond acceptors (Lipinski definition) is 3. The van der Waals surface area contributed by atoms with E-state index in [0.717, 1.165) is 38.2 Å². The number of fused-ring (bicyclic) bond motifs is 1. The summed E-state index contributed by atoms with van der Waals surface area (Å²) in [7, 11) is 4.12. The zero-order valence-corrected chi connectivity index (χ0v) is 14.4. The number of amides is 2. The maximum atomic E-state index is 13.2. The first-order valence-electron chi connectivity index (χ1n) is 8.56. The summed E-state index contributed by atoms with van der Waals surface area (Å²) in [6.07, 6.45) is 1.26. The van der Waals surface area contributed by atoms with E-state index in [1.807, 2.05) is 11.0 Å². The first kappa shape index (κ1) is 17.2. The highest BCUT2D eigenvalue weighted by atomic mass is 19.1. The number of carbonyl (C=O) groups excluding carboxylic acids is 1. The van der Waals surface area contributed by atoms with E-state index in [-0.39, 0.29) is 18.0 Å². The van der Waals surface area contributed by atoms with Crippen LogP contribution in [0.2, 0.25) is 0 Å². The quantitative estimate of drug-likeness (QED) is 0.914. The Bertz CT molecular complexity index is 581. The minimum Gasteiger partial charge on any atom is -0.376 e. The van der Waals surface area contributed by atoms with Crippen LogP contribution in [0.3, 0.4) is 0 Å². The fourth-order valence-corrected chi connectivity index (χ4v) is 3.76. The van der Waals surface area contributed by atoms with Gasteiger partial charge in [0.15, 0.2) is 0 Å². The van der Waals surface area contributed by atoms with Crippen molar-refractivity contribution in [2.75, 3.05) is 40.3 Å². The number of nitrogens with zero attached hydrogens (tertiary/aromatic N) is 2. The Morgan fingerprint density at radius 2 is 2.29 bits per heavy atom. The average Bonchev–Trinajstić information content (AvgIpc) is 2.94. The molecule has 6 heteroatoms. The predicted molar refractivity (Wildman–Crippen MR) is 90.1 cm³/mol. The Labute approximate surface area is 142 Å². The van der Waals surface area contributed by atoms with Gasteiger partial charge in [-0.3, -0.25) is 0 Å². The van der Waals surface area contributed by atoms with Crippen LogP contribution in [-0.4, -0.2) is 62.3 Å². The molecule has 1 N–H and O–H groups in total. The molecule has 3 rings (SSSR count). The molecular weight excluding hydrogens is 309 g/mol. The van der Waals surface area contributed by atoms with Gasteiger partial charge in [0, 0.05) is 32.1 Å². The molecule has 2 saturated heterocycles. The Kier molecular flexibility index (Phi) is 5.36. The molecule has 2 heterocycles. The summed E-state index contributed by atoms with van der Waals surface area (Å²) < 4.78 is 19.1. The molecule has 0 aliphatic carbocycles. The molecule has 0 bridgehead atoms. The molecule has 0 radical (unpaired) electrons. The highest BCUT2D eigenvalue weighted by Gasteiger charge is 2.41. The van der Waals surface area contributed by atoms with Crippen molar-refractivity contribution < 1.29 is 13.9 Å². The zero-order valence-electron chi connectivity index (χ0n) is 14.4. The second-order valence-electron chi connectivity index (χ2n) is 7.08. The summed E-state index contributed by atoms with van der Waals surface area (Å²) in [5.41, 5.74) is 0.772. The number of urea groups is 1. The third-order valence-corrected chi connectivity index (χ3v) is 4.96. The van der Waals surface area contributed by atoms with Crippen molar-refractivity contribution in [2.45, 2.75) is 19.1 Å². The van der Waals surface area contributed by atoms with E-state index in [1.54, 1.807) is 6.07 Å². The van der Waals surface area contributed by atoms with E-state index in [0.29, 0.717) is 18.4 Å². The van der Waals surface area contributed by atoms with Gasteiger partial charge >= 0.3 is 6.03 Å². The van der Waals surface area contributed by atoms with Crippen LogP contribution in [0.1, 0.15) is 12.0 Å². The van der Waals surface area contributed by atoms with Crippen LogP contribution in [0.4, 0.5) is 9.18 Å². The second kappa shape index (κ2) is 7.49. The number of piperidine rings is 1. The number of hydrogen-bond donors (Lipinski definition) is 1. The van der Waals surface area contributed by atoms with Gasteiger partial charge < -0.3 is 19.9 Å². The van der Waals surface area contributed by atoms with Crippen molar-refractivity contribution in [2.24, 2.45) is 11.8 Å². The fraction of sp³-hybridized carbons (Fsp3) is 0.611. The Hall–Kier alpha value is -1.66. The van der Waals surface area contributed by atoms with Gasteiger partial charge in [-0.2, -0.15) is 0 Å². The third kappa shape index (κ3) is 4.05. The fourth-order valence-electron chi connectivity index (χ4n) is 3.76. The number of carbonyl (C=O) groups is 1. The van der Waals surface area contributed by atoms with Crippen LogP contribution in [0.25, 0.3) is 0 Å². The van der Waals surface area contributed by atoms with Crippen molar-refractivity contribution in [3.05, 3.63) is 35.6 Å². The number of benzene rings is 1. The number of halogens is 1. The smallest absolute Gasteiger partial charge is 0.317 e.